The van der Waals surface area contributed by atoms with E-state index >= 15 is 0 Å². The molecule has 0 fully saturated rings. The molecule has 26 heavy (non-hydrogen) atoms. The Kier molecular flexibility index (Phi) is 5.34. The summed E-state index contributed by atoms with van der Waals surface area (Å²) in [6.45, 7) is 4.06. The van der Waals surface area contributed by atoms with Gasteiger partial charge in [0, 0.05) is 5.56 Å². The van der Waals surface area contributed by atoms with E-state index in [2.05, 4.69) is 15.5 Å². The number of aryl methyl sites for hydroxylation is 2. The number of hydrogen-bond donors (Lipinski definition) is 1. The van der Waals surface area contributed by atoms with E-state index < -0.39 is 0 Å². The lowest BCUT2D eigenvalue weighted by Gasteiger charge is -2.05. The van der Waals surface area contributed by atoms with E-state index in [9.17, 15) is 4.79 Å². The third-order valence-electron chi connectivity index (χ3n) is 3.81. The number of nitrogens with one attached hydrogen (secondary N) is 1. The monoisotopic (exact) mass is 364 g/mol. The number of carbonyl (C=O) groups is 1. The molecule has 0 bridgehead atoms. The predicted molar refractivity (Wildman–Crippen MR) is 99.7 cm³/mol. The molecule has 1 amide bonds. The van der Waals surface area contributed by atoms with Crippen LogP contribution >= 0.6 is 11.8 Å². The van der Waals surface area contributed by atoms with Gasteiger partial charge in [-0.1, -0.05) is 30.0 Å². The quantitative estimate of drug-likeness (QED) is 0.689. The Labute approximate surface area is 155 Å². The van der Waals surface area contributed by atoms with Gasteiger partial charge >= 0.3 is 0 Å². The van der Waals surface area contributed by atoms with Crippen LogP contribution in [0.1, 0.15) is 16.7 Å². The van der Waals surface area contributed by atoms with E-state index in [0.717, 1.165) is 22.9 Å². The van der Waals surface area contributed by atoms with Gasteiger partial charge in [-0.25, -0.2) is 0 Å². The van der Waals surface area contributed by atoms with Crippen LogP contribution in [-0.2, 0) is 4.79 Å². The molecule has 130 valence electrons. The molecular formula is C19H16N4O2S. The average Bonchev–Trinajstić information content (AvgIpc) is 3.12. The highest BCUT2D eigenvalue weighted by atomic mass is 32.2. The molecule has 3 aromatic rings. The number of rotatable bonds is 5. The number of para-hydroxylation sites is 1. The van der Waals surface area contributed by atoms with Gasteiger partial charge in [0.15, 0.2) is 0 Å². The molecule has 0 radical (unpaired) electrons. The Balaban J connectivity index is 1.62. The fraction of sp³-hybridized carbons (Fsp3) is 0.158. The number of amides is 1. The first-order valence-corrected chi connectivity index (χ1v) is 8.88. The maximum Gasteiger partial charge on any atom is 0.277 e. The van der Waals surface area contributed by atoms with E-state index in [1.165, 1.54) is 5.56 Å². The number of hydrogen-bond acceptors (Lipinski definition) is 6. The van der Waals surface area contributed by atoms with Gasteiger partial charge in [0.25, 0.3) is 5.22 Å². The highest BCUT2D eigenvalue weighted by Gasteiger charge is 2.12. The standard InChI is InChI=1S/C19H16N4O2S/c1-12-7-8-14(9-13(12)2)18-22-23-19(25-18)26-11-17(24)21-16-6-4-3-5-15(16)10-20/h3-9H,11H2,1-2H3,(H,21,24). The predicted octanol–water partition coefficient (Wildman–Crippen LogP) is 3.96. The smallest absolute Gasteiger partial charge is 0.277 e. The summed E-state index contributed by atoms with van der Waals surface area (Å²) in [4.78, 5) is 12.1. The molecule has 1 aromatic heterocycles. The molecule has 7 heteroatoms. The lowest BCUT2D eigenvalue weighted by molar-refractivity contribution is -0.113. The number of benzene rings is 2. The highest BCUT2D eigenvalue weighted by Crippen LogP contribution is 2.25. The van der Waals surface area contributed by atoms with Crippen molar-refractivity contribution in [3.05, 3.63) is 59.2 Å². The van der Waals surface area contributed by atoms with E-state index in [1.54, 1.807) is 24.3 Å². The zero-order valence-corrected chi connectivity index (χ0v) is 15.1. The van der Waals surface area contributed by atoms with Gasteiger partial charge in [-0.15, -0.1) is 10.2 Å². The van der Waals surface area contributed by atoms with E-state index in [-0.39, 0.29) is 11.7 Å². The molecule has 0 atom stereocenters. The van der Waals surface area contributed by atoms with Gasteiger partial charge in [-0.2, -0.15) is 5.26 Å². The first-order chi connectivity index (χ1) is 12.6. The van der Waals surface area contributed by atoms with Crippen LogP contribution in [0.3, 0.4) is 0 Å². The van der Waals surface area contributed by atoms with Gasteiger partial charge in [-0.3, -0.25) is 4.79 Å². The Hall–Kier alpha value is -3.11. The van der Waals surface area contributed by atoms with E-state index in [1.807, 2.05) is 38.1 Å². The van der Waals surface area contributed by atoms with Crippen LogP contribution in [0.2, 0.25) is 0 Å². The molecule has 0 aliphatic rings. The summed E-state index contributed by atoms with van der Waals surface area (Å²) >= 11 is 1.15. The molecule has 0 aliphatic carbocycles. The molecular weight excluding hydrogens is 348 g/mol. The molecule has 0 saturated heterocycles. The molecule has 0 spiro atoms. The van der Waals surface area contributed by atoms with Crippen molar-refractivity contribution < 1.29 is 9.21 Å². The van der Waals surface area contributed by atoms with Gasteiger partial charge in [0.05, 0.1) is 17.0 Å². The molecule has 6 nitrogen and oxygen atoms in total. The van der Waals surface area contributed by atoms with Crippen molar-refractivity contribution in [2.75, 3.05) is 11.1 Å². The molecule has 3 rings (SSSR count). The Morgan fingerprint density at radius 2 is 2.00 bits per heavy atom. The third kappa shape index (κ3) is 4.10. The Morgan fingerprint density at radius 1 is 1.19 bits per heavy atom. The maximum absolute atomic E-state index is 12.1. The number of nitriles is 1. The summed E-state index contributed by atoms with van der Waals surface area (Å²) in [6.07, 6.45) is 0. The topological polar surface area (TPSA) is 91.8 Å². The molecule has 2 aromatic carbocycles. The number of anilines is 1. The van der Waals surface area contributed by atoms with Crippen molar-refractivity contribution in [3.8, 4) is 17.5 Å². The lowest BCUT2D eigenvalue weighted by atomic mass is 10.1. The molecule has 0 unspecified atom stereocenters. The van der Waals surface area contributed by atoms with Gasteiger partial charge in [0.2, 0.25) is 11.8 Å². The fourth-order valence-electron chi connectivity index (χ4n) is 2.26. The summed E-state index contributed by atoms with van der Waals surface area (Å²) in [5, 5.41) is 20.1. The Morgan fingerprint density at radius 3 is 2.77 bits per heavy atom. The minimum atomic E-state index is -0.247. The van der Waals surface area contributed by atoms with Crippen molar-refractivity contribution in [2.24, 2.45) is 0 Å². The minimum Gasteiger partial charge on any atom is -0.411 e. The number of aromatic nitrogens is 2. The van der Waals surface area contributed by atoms with Crippen LogP contribution in [0.4, 0.5) is 5.69 Å². The zero-order chi connectivity index (χ0) is 18.5. The summed E-state index contributed by atoms with van der Waals surface area (Å²) < 4.78 is 5.62. The number of nitrogens with zero attached hydrogens (tertiary/aromatic N) is 3. The molecule has 1 N–H and O–H groups in total. The highest BCUT2D eigenvalue weighted by molar-refractivity contribution is 7.99. The normalized spacial score (nSPS) is 10.3. The van der Waals surface area contributed by atoms with Gasteiger partial charge in [-0.05, 0) is 49.2 Å². The zero-order valence-electron chi connectivity index (χ0n) is 14.3. The van der Waals surface area contributed by atoms with Crippen LogP contribution in [-0.4, -0.2) is 21.9 Å². The largest absolute Gasteiger partial charge is 0.411 e. The summed E-state index contributed by atoms with van der Waals surface area (Å²) in [5.41, 5.74) is 4.09. The SMILES string of the molecule is Cc1ccc(-c2nnc(SCC(=O)Nc3ccccc3C#N)o2)cc1C. The van der Waals surface area contributed by atoms with Crippen LogP contribution < -0.4 is 5.32 Å². The summed E-state index contributed by atoms with van der Waals surface area (Å²) in [7, 11) is 0. The Bertz CT molecular complexity index is 991. The molecule has 1 heterocycles. The van der Waals surface area contributed by atoms with Crippen LogP contribution in [0.5, 0.6) is 0 Å². The first-order valence-electron chi connectivity index (χ1n) is 7.89. The summed E-state index contributed by atoms with van der Waals surface area (Å²) in [5.74, 6) is 0.281. The van der Waals surface area contributed by atoms with Crippen molar-refractivity contribution in [1.29, 1.82) is 5.26 Å². The van der Waals surface area contributed by atoms with Crippen molar-refractivity contribution in [1.82, 2.24) is 10.2 Å². The minimum absolute atomic E-state index is 0.105. The molecule has 0 aliphatic heterocycles. The summed E-state index contributed by atoms with van der Waals surface area (Å²) in [6, 6.07) is 14.8. The second-order valence-electron chi connectivity index (χ2n) is 5.67. The molecule has 0 saturated carbocycles. The fourth-order valence-corrected chi connectivity index (χ4v) is 2.83. The third-order valence-corrected chi connectivity index (χ3v) is 4.63. The maximum atomic E-state index is 12.1. The van der Waals surface area contributed by atoms with Crippen LogP contribution in [0, 0.1) is 25.2 Å². The first kappa shape index (κ1) is 17.7. The van der Waals surface area contributed by atoms with Crippen molar-refractivity contribution in [3.63, 3.8) is 0 Å². The lowest BCUT2D eigenvalue weighted by Crippen LogP contribution is -2.14. The average molecular weight is 364 g/mol. The van der Waals surface area contributed by atoms with Crippen LogP contribution in [0.25, 0.3) is 11.5 Å². The van der Waals surface area contributed by atoms with E-state index in [0.29, 0.717) is 22.4 Å². The van der Waals surface area contributed by atoms with Crippen molar-refractivity contribution >= 4 is 23.4 Å². The van der Waals surface area contributed by atoms with Crippen molar-refractivity contribution in [2.45, 2.75) is 19.1 Å². The van der Waals surface area contributed by atoms with Gasteiger partial charge in [0.1, 0.15) is 6.07 Å². The second kappa shape index (κ2) is 7.85. The van der Waals surface area contributed by atoms with E-state index in [4.69, 9.17) is 9.68 Å². The van der Waals surface area contributed by atoms with Crippen LogP contribution in [0.15, 0.2) is 52.1 Å². The number of thioether (sulfide) groups is 1. The second-order valence-corrected chi connectivity index (χ2v) is 6.59. The number of carbonyl (C=O) groups excluding carboxylic acids is 1. The van der Waals surface area contributed by atoms with Gasteiger partial charge < -0.3 is 9.73 Å².